The highest BCUT2D eigenvalue weighted by molar-refractivity contribution is 5.87. The summed E-state index contributed by atoms with van der Waals surface area (Å²) in [6, 6.07) is 8.53. The van der Waals surface area contributed by atoms with Crippen molar-refractivity contribution in [1.29, 1.82) is 5.26 Å². The lowest BCUT2D eigenvalue weighted by molar-refractivity contribution is 0.0697. The minimum absolute atomic E-state index is 0. The molecule has 0 aliphatic rings. The van der Waals surface area contributed by atoms with Crippen LogP contribution in [0.1, 0.15) is 29.8 Å². The summed E-state index contributed by atoms with van der Waals surface area (Å²) in [6.45, 7) is 3.59. The Morgan fingerprint density at radius 2 is 1.80 bits per heavy atom. The predicted molar refractivity (Wildman–Crippen MR) is 59.3 cm³/mol. The molecule has 1 aromatic carbocycles. The van der Waals surface area contributed by atoms with Crippen LogP contribution in [0.2, 0.25) is 0 Å². The lowest BCUT2D eigenvalue weighted by atomic mass is 9.86. The zero-order chi connectivity index (χ0) is 10.8. The number of halogens is 1. The summed E-state index contributed by atoms with van der Waals surface area (Å²) in [5.41, 5.74) is 0.490. The second-order valence-electron chi connectivity index (χ2n) is 3.62. The van der Waals surface area contributed by atoms with E-state index in [9.17, 15) is 4.79 Å². The van der Waals surface area contributed by atoms with Crippen LogP contribution in [0.15, 0.2) is 24.3 Å². The molecule has 15 heavy (non-hydrogen) atoms. The molecule has 0 saturated heterocycles. The maximum atomic E-state index is 10.6. The van der Waals surface area contributed by atoms with E-state index >= 15 is 0 Å². The topological polar surface area (TPSA) is 61.1 Å². The molecule has 0 saturated carbocycles. The van der Waals surface area contributed by atoms with Crippen molar-refractivity contribution in [3.05, 3.63) is 35.4 Å². The molecule has 1 rings (SSSR count). The van der Waals surface area contributed by atoms with Crippen LogP contribution in [0.25, 0.3) is 0 Å². The van der Waals surface area contributed by atoms with Crippen LogP contribution in [0.5, 0.6) is 0 Å². The van der Waals surface area contributed by atoms with Gasteiger partial charge in [0.25, 0.3) is 0 Å². The van der Waals surface area contributed by atoms with Gasteiger partial charge in [0, 0.05) is 0 Å². The van der Waals surface area contributed by atoms with Gasteiger partial charge < -0.3 is 5.11 Å². The minimum atomic E-state index is -0.952. The standard InChI is InChI=1S/C11H11NO2.ClH/c1-11(2,7-12)9-5-3-8(4-6-9)10(13)14;/h3-6H,1-2H3,(H,13,14);1H. The molecule has 0 unspecified atom stereocenters. The highest BCUT2D eigenvalue weighted by Crippen LogP contribution is 2.22. The number of hydrogen-bond donors (Lipinski definition) is 1. The fraction of sp³-hybridized carbons (Fsp3) is 0.273. The number of nitriles is 1. The SMILES string of the molecule is CC(C)(C#N)c1ccc(C(=O)O)cc1.Cl. The maximum Gasteiger partial charge on any atom is 0.335 e. The number of aromatic carboxylic acids is 1. The van der Waals surface area contributed by atoms with Crippen LogP contribution < -0.4 is 0 Å². The second kappa shape index (κ2) is 4.81. The summed E-state index contributed by atoms with van der Waals surface area (Å²) in [5.74, 6) is -0.952. The number of hydrogen-bond acceptors (Lipinski definition) is 2. The molecular weight excluding hydrogens is 214 g/mol. The van der Waals surface area contributed by atoms with Gasteiger partial charge in [0.1, 0.15) is 0 Å². The second-order valence-corrected chi connectivity index (χ2v) is 3.62. The Hall–Kier alpha value is -1.53. The molecule has 0 atom stereocenters. The van der Waals surface area contributed by atoms with Crippen molar-refractivity contribution in [2.75, 3.05) is 0 Å². The molecule has 0 radical (unpaired) electrons. The van der Waals surface area contributed by atoms with Gasteiger partial charge in [-0.25, -0.2) is 4.79 Å². The first-order valence-electron chi connectivity index (χ1n) is 4.22. The molecule has 0 amide bonds. The van der Waals surface area contributed by atoms with E-state index in [2.05, 4.69) is 6.07 Å². The summed E-state index contributed by atoms with van der Waals surface area (Å²) in [6.07, 6.45) is 0. The van der Waals surface area contributed by atoms with Gasteiger partial charge in [-0.05, 0) is 31.5 Å². The van der Waals surface area contributed by atoms with Gasteiger partial charge in [-0.1, -0.05) is 12.1 Å². The normalized spacial score (nSPS) is 9.93. The molecule has 3 nitrogen and oxygen atoms in total. The van der Waals surface area contributed by atoms with Gasteiger partial charge in [0.15, 0.2) is 0 Å². The van der Waals surface area contributed by atoms with Gasteiger partial charge >= 0.3 is 5.97 Å². The van der Waals surface area contributed by atoms with Crippen molar-refractivity contribution in [1.82, 2.24) is 0 Å². The Morgan fingerprint density at radius 1 is 1.33 bits per heavy atom. The Kier molecular flexibility index (Phi) is 4.32. The fourth-order valence-corrected chi connectivity index (χ4v) is 1.09. The van der Waals surface area contributed by atoms with Crippen LogP contribution in [0.4, 0.5) is 0 Å². The number of benzene rings is 1. The average Bonchev–Trinajstić information content (AvgIpc) is 2.18. The number of nitrogens with zero attached hydrogens (tertiary/aromatic N) is 1. The van der Waals surface area contributed by atoms with E-state index in [0.29, 0.717) is 0 Å². The predicted octanol–water partition coefficient (Wildman–Crippen LogP) is 2.61. The summed E-state index contributed by atoms with van der Waals surface area (Å²) in [4.78, 5) is 10.6. The molecule has 0 bridgehead atoms. The summed E-state index contributed by atoms with van der Waals surface area (Å²) < 4.78 is 0. The largest absolute Gasteiger partial charge is 0.478 e. The van der Waals surface area contributed by atoms with Crippen molar-refractivity contribution in [3.8, 4) is 6.07 Å². The monoisotopic (exact) mass is 225 g/mol. The van der Waals surface area contributed by atoms with E-state index < -0.39 is 11.4 Å². The molecule has 0 fully saturated rings. The third-order valence-electron chi connectivity index (χ3n) is 2.13. The van der Waals surface area contributed by atoms with E-state index in [0.717, 1.165) is 5.56 Å². The van der Waals surface area contributed by atoms with E-state index in [-0.39, 0.29) is 18.0 Å². The van der Waals surface area contributed by atoms with Crippen LogP contribution in [0.3, 0.4) is 0 Å². The number of rotatable bonds is 2. The Morgan fingerprint density at radius 3 is 2.13 bits per heavy atom. The molecule has 80 valence electrons. The van der Waals surface area contributed by atoms with E-state index in [1.165, 1.54) is 12.1 Å². The summed E-state index contributed by atoms with van der Waals surface area (Å²) >= 11 is 0. The first-order valence-corrected chi connectivity index (χ1v) is 4.22. The zero-order valence-electron chi connectivity index (χ0n) is 8.52. The fourth-order valence-electron chi connectivity index (χ4n) is 1.09. The Bertz CT molecular complexity index is 390. The van der Waals surface area contributed by atoms with Gasteiger partial charge in [-0.3, -0.25) is 0 Å². The lowest BCUT2D eigenvalue weighted by Crippen LogP contribution is -2.13. The highest BCUT2D eigenvalue weighted by atomic mass is 35.5. The quantitative estimate of drug-likeness (QED) is 0.842. The van der Waals surface area contributed by atoms with Crippen molar-refractivity contribution in [3.63, 3.8) is 0 Å². The van der Waals surface area contributed by atoms with Gasteiger partial charge in [-0.2, -0.15) is 5.26 Å². The molecule has 0 aromatic heterocycles. The molecule has 1 aromatic rings. The number of carbonyl (C=O) groups is 1. The molecule has 0 heterocycles. The van der Waals surface area contributed by atoms with Crippen LogP contribution in [0, 0.1) is 11.3 Å². The molecule has 0 spiro atoms. The van der Waals surface area contributed by atoms with E-state index in [1.807, 2.05) is 0 Å². The molecule has 4 heteroatoms. The van der Waals surface area contributed by atoms with Crippen molar-refractivity contribution >= 4 is 18.4 Å². The zero-order valence-corrected chi connectivity index (χ0v) is 9.34. The number of carboxylic acid groups (broad SMARTS) is 1. The maximum absolute atomic E-state index is 10.6. The summed E-state index contributed by atoms with van der Waals surface area (Å²) in [7, 11) is 0. The van der Waals surface area contributed by atoms with Crippen molar-refractivity contribution in [2.45, 2.75) is 19.3 Å². The van der Waals surface area contributed by atoms with Crippen molar-refractivity contribution < 1.29 is 9.90 Å². The highest BCUT2D eigenvalue weighted by Gasteiger charge is 2.19. The first-order chi connectivity index (χ1) is 6.47. The van der Waals surface area contributed by atoms with Gasteiger partial charge in [0.2, 0.25) is 0 Å². The average molecular weight is 226 g/mol. The van der Waals surface area contributed by atoms with E-state index in [4.69, 9.17) is 10.4 Å². The molecule has 0 aliphatic carbocycles. The minimum Gasteiger partial charge on any atom is -0.478 e. The van der Waals surface area contributed by atoms with E-state index in [1.54, 1.807) is 26.0 Å². The molecule has 0 aliphatic heterocycles. The Balaban J connectivity index is 0.00000196. The van der Waals surface area contributed by atoms with Crippen LogP contribution in [-0.2, 0) is 5.41 Å². The lowest BCUT2D eigenvalue weighted by Gasteiger charge is -2.15. The smallest absolute Gasteiger partial charge is 0.335 e. The third kappa shape index (κ3) is 2.97. The molecule has 1 N–H and O–H groups in total. The summed E-state index contributed by atoms with van der Waals surface area (Å²) in [5, 5.41) is 17.5. The van der Waals surface area contributed by atoms with Gasteiger partial charge in [-0.15, -0.1) is 12.4 Å². The third-order valence-corrected chi connectivity index (χ3v) is 2.13. The van der Waals surface area contributed by atoms with Crippen LogP contribution >= 0.6 is 12.4 Å². The van der Waals surface area contributed by atoms with Crippen molar-refractivity contribution in [2.24, 2.45) is 0 Å². The Labute approximate surface area is 94.8 Å². The molecular formula is C11H12ClNO2. The van der Waals surface area contributed by atoms with Crippen LogP contribution in [-0.4, -0.2) is 11.1 Å². The first kappa shape index (κ1) is 13.5. The number of carboxylic acids is 1. The van der Waals surface area contributed by atoms with Gasteiger partial charge in [0.05, 0.1) is 17.0 Å².